The van der Waals surface area contributed by atoms with E-state index in [0.29, 0.717) is 37.0 Å². The predicted molar refractivity (Wildman–Crippen MR) is 308 cm³/mol. The molecule has 12 N–H and O–H groups in total. The van der Waals surface area contributed by atoms with Crippen LogP contribution in [0.2, 0.25) is 0 Å². The molecule has 24 atom stereocenters. The Hall–Kier alpha value is -5.12. The van der Waals surface area contributed by atoms with Crippen molar-refractivity contribution in [3.05, 3.63) is 20.9 Å². The van der Waals surface area contributed by atoms with Crippen molar-refractivity contribution in [3.63, 3.8) is 0 Å². The molecular formula is C56H102N8O24-2. The third-order valence-corrected chi connectivity index (χ3v) is 16.6. The van der Waals surface area contributed by atoms with E-state index in [1.807, 2.05) is 34.6 Å². The number of methoxy groups -OCH3 is 2. The summed E-state index contributed by atoms with van der Waals surface area (Å²) in [6.07, 6.45) is -2.91. The zero-order chi connectivity index (χ0) is 66.6. The van der Waals surface area contributed by atoms with Gasteiger partial charge in [-0.1, -0.05) is 114 Å². The van der Waals surface area contributed by atoms with Crippen LogP contribution >= 0.6 is 0 Å². The minimum atomic E-state index is -2.04. The van der Waals surface area contributed by atoms with Gasteiger partial charge in [0.1, 0.15) is 11.9 Å². The van der Waals surface area contributed by atoms with E-state index in [1.165, 1.54) is 14.2 Å². The molecule has 32 nitrogen and oxygen atoms in total. The molecule has 0 aromatic rings. The molecular weight excluding hydrogens is 1170 g/mol. The molecule has 0 saturated carbocycles. The second-order valence-corrected chi connectivity index (χ2v) is 22.3. The topological polar surface area (TPSA) is 530 Å². The first-order valence-corrected chi connectivity index (χ1v) is 29.3. The van der Waals surface area contributed by atoms with Crippen LogP contribution in [0.5, 0.6) is 0 Å². The number of fused-ring (bicyclic) bond motifs is 8. The van der Waals surface area contributed by atoms with Crippen molar-refractivity contribution < 1.29 is 117 Å². The fourth-order valence-electron chi connectivity index (χ4n) is 11.2. The number of aliphatic carboxylic acids is 4. The lowest BCUT2D eigenvalue weighted by atomic mass is 9.80. The Morgan fingerprint density at radius 3 is 1.15 bits per heavy atom. The summed E-state index contributed by atoms with van der Waals surface area (Å²) in [5.41, 5.74) is 17.1. The smallest absolute Gasteiger partial charge is 0.366 e. The molecule has 0 aromatic heterocycles. The Balaban J connectivity index is 0. The van der Waals surface area contributed by atoms with Crippen LogP contribution in [0.15, 0.2) is 10.2 Å². The van der Waals surface area contributed by atoms with Crippen molar-refractivity contribution in [2.45, 2.75) is 246 Å². The van der Waals surface area contributed by atoms with Crippen LogP contribution in [0.3, 0.4) is 0 Å². The first-order chi connectivity index (χ1) is 40.3. The van der Waals surface area contributed by atoms with E-state index in [-0.39, 0.29) is 79.8 Å². The highest BCUT2D eigenvalue weighted by atomic mass is 16.8. The SMILES string of the molecule is CC.CC.CC(=O)O.CC(=O)O.CC[C@@H](C)C1O[C@]2(C(=O)OC)C[C@@H](C)[C@@H](C)C1O2.CC[C@@H](N=[N+]=[N-])C1O[C@]2(C(=O)OC)C[C@@H](C)[C@@H](C)C1O2.C[C@H](CO)C1O[C@]2(C(=O)[O-])C[C@@H](O)[C@@H](C)C1O2.C[C@H]1C2O[C@@](C(=O)[O-])(C[C@H]1O)OC2[C@@H](CO)N=[N+]=[N-].N.N. The number of carboxylic acid groups (broad SMARTS) is 4. The van der Waals surface area contributed by atoms with E-state index in [0.717, 1.165) is 20.3 Å². The Morgan fingerprint density at radius 2 is 0.818 bits per heavy atom. The van der Waals surface area contributed by atoms with Gasteiger partial charge in [0.25, 0.3) is 23.5 Å². The van der Waals surface area contributed by atoms with Gasteiger partial charge < -0.3 is 110 Å². The predicted octanol–water partition coefficient (Wildman–Crippen LogP) is 3.86. The standard InChI is InChI=1S/C14H24O4.C13H21N3O4.C11H18O6.C10H15N3O6.2C2H4O2.2C2H6.2H3N/c1-6-8(2)11-12-10(4)9(3)7-14(17-11,18-12)13(15)16-5;1-5-9(15-16-14)11-10-8(3)7(2)6-13(19-10,20-11)12(17)18-4;1-5(4-12)8-9-6(2)7(13)3-11(16-8,17-9)10(14)15;1-4-6(15)2-10(9(16)17)18-7(4)8(19-10)5(3-14)12-13-11;2*1-2(3)4;2*1-2;;/h8-12H,6-7H2,1-5H3;7-11H,5-6H2,1-4H3;5-9,12-13H,3-4H2,1-2H3,(H,14,15);4-8,14-15H,2-3H2,1H3,(H,16,17);2*1H3,(H,3,4);2*1-2H3;2*1H3/p-2/t8-,9-,10-,11?,12?,14-;7-,8-,9-,10?,11?,13+;5-,6-,7-,8?,9?,11-;4-,5-,6-,7?,8?,10+;;;;;;/m1111....../s1. The van der Waals surface area contributed by atoms with E-state index in [9.17, 15) is 44.7 Å². The van der Waals surface area contributed by atoms with Crippen molar-refractivity contribution in [1.82, 2.24) is 12.3 Å². The maximum absolute atomic E-state index is 12.0. The van der Waals surface area contributed by atoms with Crippen molar-refractivity contribution >= 4 is 35.8 Å². The van der Waals surface area contributed by atoms with E-state index < -0.39 is 120 Å². The van der Waals surface area contributed by atoms with Crippen LogP contribution in [0.25, 0.3) is 20.9 Å². The van der Waals surface area contributed by atoms with E-state index >= 15 is 0 Å². The number of carboxylic acids is 4. The number of rotatable bonds is 14. The van der Waals surface area contributed by atoms with Gasteiger partial charge >= 0.3 is 11.9 Å². The summed E-state index contributed by atoms with van der Waals surface area (Å²) < 4.78 is 54.9. The first kappa shape index (κ1) is 84.9. The number of carbonyl (C=O) groups excluding carboxylic acids is 4. The minimum absolute atomic E-state index is 0. The summed E-state index contributed by atoms with van der Waals surface area (Å²) in [6, 6.07) is -1.33. The monoisotopic (exact) mass is 1270 g/mol. The summed E-state index contributed by atoms with van der Waals surface area (Å²) in [7, 11) is 2.71. The van der Waals surface area contributed by atoms with Crippen LogP contribution in [-0.2, 0) is 76.1 Å². The molecule has 32 heteroatoms. The number of esters is 2. The number of azide groups is 2. The zero-order valence-electron chi connectivity index (χ0n) is 54.3. The summed E-state index contributed by atoms with van der Waals surface area (Å²) in [5, 5.41) is 82.3. The summed E-state index contributed by atoms with van der Waals surface area (Å²) in [6.45, 7) is 29.4. The molecule has 8 aliphatic rings. The summed E-state index contributed by atoms with van der Waals surface area (Å²) in [5.74, 6) is -11.2. The molecule has 0 aliphatic carbocycles. The molecule has 8 rings (SSSR count). The van der Waals surface area contributed by atoms with E-state index in [1.54, 1.807) is 20.8 Å². The Bertz CT molecular complexity index is 2280. The number of hydrogen-bond acceptors (Lipinski definition) is 26. The number of aliphatic hydroxyl groups is 4. The van der Waals surface area contributed by atoms with Gasteiger partial charge in [0.15, 0.2) is 0 Å². The van der Waals surface area contributed by atoms with Crippen LogP contribution < -0.4 is 22.5 Å². The van der Waals surface area contributed by atoms with Gasteiger partial charge in [0.05, 0.1) is 93.9 Å². The molecule has 8 fully saturated rings. The van der Waals surface area contributed by atoms with Crippen LogP contribution in [-0.4, -0.2) is 190 Å². The highest BCUT2D eigenvalue weighted by Gasteiger charge is 2.64. The lowest BCUT2D eigenvalue weighted by molar-refractivity contribution is -0.355. The average Bonchev–Trinajstić information content (AvgIpc) is 3.16. The second-order valence-electron chi connectivity index (χ2n) is 22.3. The number of nitrogens with zero attached hydrogens (tertiary/aromatic N) is 6. The fraction of sp³-hybridized carbons (Fsp3) is 0.893. The zero-order valence-corrected chi connectivity index (χ0v) is 54.3. The molecule has 8 saturated heterocycles. The van der Waals surface area contributed by atoms with Crippen LogP contribution in [0.4, 0.5) is 0 Å². The molecule has 8 aliphatic heterocycles. The van der Waals surface area contributed by atoms with Gasteiger partial charge in [-0.3, -0.25) is 9.59 Å². The van der Waals surface area contributed by atoms with Crippen molar-refractivity contribution in [1.29, 1.82) is 0 Å². The summed E-state index contributed by atoms with van der Waals surface area (Å²) >= 11 is 0. The summed E-state index contributed by atoms with van der Waals surface area (Å²) in [4.78, 5) is 69.7. The Morgan fingerprint density at radius 1 is 0.523 bits per heavy atom. The molecule has 8 unspecified atom stereocenters. The molecule has 8 heterocycles. The normalized spacial score (nSPS) is 37.3. The van der Waals surface area contributed by atoms with E-state index in [2.05, 4.69) is 61.6 Å². The second kappa shape index (κ2) is 37.9. The molecule has 88 heavy (non-hydrogen) atoms. The van der Waals surface area contributed by atoms with Gasteiger partial charge in [0.2, 0.25) is 11.6 Å². The number of ether oxygens (including phenoxy) is 10. The van der Waals surface area contributed by atoms with Gasteiger partial charge in [-0.25, -0.2) is 9.59 Å². The highest BCUT2D eigenvalue weighted by molar-refractivity contribution is 5.79. The molecule has 8 bridgehead atoms. The number of carbonyl (C=O) groups is 6. The average molecular weight is 1270 g/mol. The van der Waals surface area contributed by atoms with Crippen molar-refractivity contribution in [2.75, 3.05) is 27.4 Å². The third-order valence-electron chi connectivity index (χ3n) is 16.6. The Labute approximate surface area is 515 Å². The van der Waals surface area contributed by atoms with Gasteiger partial charge in [-0.15, -0.1) is 0 Å². The lowest BCUT2D eigenvalue weighted by Crippen LogP contribution is -2.55. The molecule has 0 amide bonds. The van der Waals surface area contributed by atoms with E-state index in [4.69, 9.17) is 83.3 Å². The number of hydrogen-bond donors (Lipinski definition) is 8. The fourth-order valence-corrected chi connectivity index (χ4v) is 11.2. The molecule has 0 aromatic carbocycles. The largest absolute Gasteiger partial charge is 0.544 e. The van der Waals surface area contributed by atoms with Crippen molar-refractivity contribution in [2.24, 2.45) is 57.6 Å². The minimum Gasteiger partial charge on any atom is -0.544 e. The quantitative estimate of drug-likeness (QED) is 0.0530. The Kier molecular flexibility index (Phi) is 36.6. The first-order valence-electron chi connectivity index (χ1n) is 29.3. The van der Waals surface area contributed by atoms with Crippen LogP contribution in [0.1, 0.15) is 149 Å². The van der Waals surface area contributed by atoms with Crippen LogP contribution in [0, 0.1) is 47.3 Å². The van der Waals surface area contributed by atoms with Gasteiger partial charge in [-0.05, 0) is 47.1 Å². The molecule has 0 radical (unpaired) electrons. The lowest BCUT2D eigenvalue weighted by Gasteiger charge is -2.38. The van der Waals surface area contributed by atoms with Crippen molar-refractivity contribution in [3.8, 4) is 0 Å². The highest BCUT2D eigenvalue weighted by Crippen LogP contribution is 2.51. The maximum Gasteiger partial charge on any atom is 0.366 e. The van der Waals surface area contributed by atoms with Gasteiger partial charge in [0, 0.05) is 73.7 Å². The maximum atomic E-state index is 12.0. The van der Waals surface area contributed by atoms with Gasteiger partial charge in [-0.2, -0.15) is 0 Å². The molecule has 512 valence electrons. The number of aliphatic hydroxyl groups excluding tert-OH is 4. The molecule has 0 spiro atoms. The third kappa shape index (κ3) is 19.9.